The molecule has 2 aliphatic rings. The number of aromatic nitrogens is 1. The molecule has 0 radical (unpaired) electrons. The summed E-state index contributed by atoms with van der Waals surface area (Å²) in [5, 5.41) is 4.93. The molecule has 1 amide bonds. The number of carbonyl (C=O) groups excluding carboxylic acids is 1. The lowest BCUT2D eigenvalue weighted by molar-refractivity contribution is -0.0928. The minimum Gasteiger partial charge on any atom is -0.378 e. The van der Waals surface area contributed by atoms with E-state index in [9.17, 15) is 18.0 Å². The van der Waals surface area contributed by atoms with Crippen molar-refractivity contribution in [1.29, 1.82) is 0 Å². The Labute approximate surface area is 301 Å². The second-order valence-electron chi connectivity index (χ2n) is 12.6. The molecule has 6 nitrogen and oxygen atoms in total. The molecule has 268 valence electrons. The molecule has 3 N–H and O–H groups in total. The summed E-state index contributed by atoms with van der Waals surface area (Å²) in [5.41, 5.74) is 12.2. The van der Waals surface area contributed by atoms with Gasteiger partial charge in [0.05, 0.1) is 37.5 Å². The number of amides is 1. The third-order valence-electron chi connectivity index (χ3n) is 8.67. The molecule has 0 spiro atoms. The fourth-order valence-corrected chi connectivity index (χ4v) is 6.18. The number of carbonyl (C=O) groups is 1. The molecule has 0 bridgehead atoms. The predicted octanol–water partition coefficient (Wildman–Crippen LogP) is 6.96. The predicted molar refractivity (Wildman–Crippen MR) is 198 cm³/mol. The van der Waals surface area contributed by atoms with Gasteiger partial charge in [-0.3, -0.25) is 4.79 Å². The van der Waals surface area contributed by atoms with Gasteiger partial charge in [-0.25, -0.2) is 4.98 Å². The summed E-state index contributed by atoms with van der Waals surface area (Å²) in [4.78, 5) is 17.8. The molecule has 1 aromatic heterocycles. The maximum atomic E-state index is 13.9. The van der Waals surface area contributed by atoms with Crippen LogP contribution < -0.4 is 21.6 Å². The summed E-state index contributed by atoms with van der Waals surface area (Å²) < 4.78 is 52.5. The number of nitrogens with two attached hydrogens (primary N) is 1. The number of allylic oxidation sites excluding steroid dienone is 8. The number of benzene rings is 2. The highest BCUT2D eigenvalue weighted by Gasteiger charge is 2.35. The van der Waals surface area contributed by atoms with Gasteiger partial charge >= 0.3 is 6.18 Å². The van der Waals surface area contributed by atoms with Gasteiger partial charge in [0.15, 0.2) is 0 Å². The molecule has 2 aromatic carbocycles. The molecular formula is C41H43ClF3N3O3. The van der Waals surface area contributed by atoms with Crippen LogP contribution in [0.2, 0.25) is 5.02 Å². The van der Waals surface area contributed by atoms with Crippen LogP contribution in [0.15, 0.2) is 102 Å². The SMILES string of the molecule is CC1=CCC(=c2c(CCc3ccc(C(=O)NCCOCCOCCN)cc3)cc(=C3C=C(C)C=C(C(F)(F)F)C3)nc2-c2ccc(Cl)cc2)C=C1. The van der Waals surface area contributed by atoms with E-state index >= 15 is 0 Å². The number of pyridine rings is 1. The normalized spacial score (nSPS) is 16.8. The van der Waals surface area contributed by atoms with E-state index in [1.54, 1.807) is 37.3 Å². The first-order valence-electron chi connectivity index (χ1n) is 17.1. The van der Waals surface area contributed by atoms with Crippen LogP contribution in [-0.4, -0.2) is 56.6 Å². The maximum absolute atomic E-state index is 13.9. The quantitative estimate of drug-likeness (QED) is 0.187. The number of hydrogen-bond donors (Lipinski definition) is 2. The van der Waals surface area contributed by atoms with Crippen molar-refractivity contribution >= 4 is 28.7 Å². The van der Waals surface area contributed by atoms with Gasteiger partial charge in [0, 0.05) is 46.5 Å². The Bertz CT molecular complexity index is 1960. The average molecular weight is 718 g/mol. The lowest BCUT2D eigenvalue weighted by atomic mass is 9.91. The summed E-state index contributed by atoms with van der Waals surface area (Å²) in [7, 11) is 0. The molecule has 3 aromatic rings. The van der Waals surface area contributed by atoms with Crippen LogP contribution in [0, 0.1) is 0 Å². The highest BCUT2D eigenvalue weighted by Crippen LogP contribution is 2.35. The van der Waals surface area contributed by atoms with E-state index in [0.717, 1.165) is 33.1 Å². The van der Waals surface area contributed by atoms with Crippen LogP contribution in [0.3, 0.4) is 0 Å². The fraction of sp³-hybridized carbons (Fsp3) is 0.317. The highest BCUT2D eigenvalue weighted by molar-refractivity contribution is 6.30. The zero-order chi connectivity index (χ0) is 36.4. The minimum atomic E-state index is -4.44. The van der Waals surface area contributed by atoms with Crippen molar-refractivity contribution in [2.24, 2.45) is 5.73 Å². The van der Waals surface area contributed by atoms with Gasteiger partial charge in [0.1, 0.15) is 0 Å². The molecule has 10 heteroatoms. The Morgan fingerprint density at radius 2 is 1.63 bits per heavy atom. The molecule has 5 rings (SSSR count). The number of alkyl halides is 3. The van der Waals surface area contributed by atoms with E-state index < -0.39 is 11.7 Å². The van der Waals surface area contributed by atoms with Crippen molar-refractivity contribution in [3.05, 3.63) is 134 Å². The zero-order valence-electron chi connectivity index (χ0n) is 28.9. The summed E-state index contributed by atoms with van der Waals surface area (Å²) in [6.45, 7) is 6.31. The number of nitrogens with zero attached hydrogens (tertiary/aromatic N) is 1. The van der Waals surface area contributed by atoms with Gasteiger partial charge in [-0.1, -0.05) is 77.4 Å². The molecule has 0 fully saturated rings. The van der Waals surface area contributed by atoms with Crippen LogP contribution in [0.5, 0.6) is 0 Å². The number of hydrogen-bond acceptors (Lipinski definition) is 5. The monoisotopic (exact) mass is 717 g/mol. The van der Waals surface area contributed by atoms with Crippen LogP contribution in [0.25, 0.3) is 22.4 Å². The number of rotatable bonds is 13. The van der Waals surface area contributed by atoms with Crippen molar-refractivity contribution in [1.82, 2.24) is 10.3 Å². The first-order valence-corrected chi connectivity index (χ1v) is 17.5. The van der Waals surface area contributed by atoms with Crippen LogP contribution in [0.4, 0.5) is 13.2 Å². The van der Waals surface area contributed by atoms with Crippen molar-refractivity contribution in [2.75, 3.05) is 39.5 Å². The van der Waals surface area contributed by atoms with Gasteiger partial charge in [-0.2, -0.15) is 13.2 Å². The minimum absolute atomic E-state index is 0.192. The van der Waals surface area contributed by atoms with Crippen LogP contribution in [0.1, 0.15) is 48.2 Å². The van der Waals surface area contributed by atoms with E-state index in [4.69, 9.17) is 31.8 Å². The Hall–Kier alpha value is -4.28. The maximum Gasteiger partial charge on any atom is 0.413 e. The molecule has 51 heavy (non-hydrogen) atoms. The van der Waals surface area contributed by atoms with Crippen molar-refractivity contribution in [3.63, 3.8) is 0 Å². The fourth-order valence-electron chi connectivity index (χ4n) is 6.05. The zero-order valence-corrected chi connectivity index (χ0v) is 29.7. The molecule has 2 aliphatic carbocycles. The van der Waals surface area contributed by atoms with Gasteiger partial charge < -0.3 is 20.5 Å². The number of nitrogens with one attached hydrogen (secondary N) is 1. The summed E-state index contributed by atoms with van der Waals surface area (Å²) >= 11 is 6.26. The highest BCUT2D eigenvalue weighted by atomic mass is 35.5. The van der Waals surface area contributed by atoms with Gasteiger partial charge in [0.25, 0.3) is 5.91 Å². The van der Waals surface area contributed by atoms with Gasteiger partial charge in [-0.15, -0.1) is 0 Å². The first kappa shape index (κ1) is 38.0. The summed E-state index contributed by atoms with van der Waals surface area (Å²) in [5.74, 6) is -0.192. The molecule has 0 unspecified atom stereocenters. The molecule has 0 atom stereocenters. The van der Waals surface area contributed by atoms with E-state index in [1.165, 1.54) is 6.08 Å². The van der Waals surface area contributed by atoms with Gasteiger partial charge in [0.2, 0.25) is 0 Å². The average Bonchev–Trinajstić information content (AvgIpc) is 3.11. The van der Waals surface area contributed by atoms with E-state index in [0.29, 0.717) is 91.6 Å². The molecular weight excluding hydrogens is 675 g/mol. The summed E-state index contributed by atoms with van der Waals surface area (Å²) in [6.07, 6.45) is 6.57. The third-order valence-corrected chi connectivity index (χ3v) is 8.93. The topological polar surface area (TPSA) is 86.5 Å². The van der Waals surface area contributed by atoms with Crippen molar-refractivity contribution < 1.29 is 27.4 Å². The largest absolute Gasteiger partial charge is 0.413 e. The number of ether oxygens (including phenoxy) is 2. The lowest BCUT2D eigenvalue weighted by Gasteiger charge is -2.18. The Morgan fingerprint density at radius 3 is 2.29 bits per heavy atom. The van der Waals surface area contributed by atoms with Crippen molar-refractivity contribution in [3.8, 4) is 11.3 Å². The van der Waals surface area contributed by atoms with Crippen LogP contribution >= 0.6 is 11.6 Å². The van der Waals surface area contributed by atoms with Gasteiger partial charge in [-0.05, 0) is 85.7 Å². The molecule has 0 saturated carbocycles. The molecule has 1 heterocycles. The third kappa shape index (κ3) is 10.6. The second-order valence-corrected chi connectivity index (χ2v) is 13.1. The summed E-state index contributed by atoms with van der Waals surface area (Å²) in [6, 6.07) is 16.8. The first-order chi connectivity index (χ1) is 24.5. The smallest absolute Gasteiger partial charge is 0.378 e. The Balaban J connectivity index is 1.46. The molecule has 0 saturated heterocycles. The van der Waals surface area contributed by atoms with E-state index in [-0.39, 0.29) is 12.3 Å². The van der Waals surface area contributed by atoms with E-state index in [2.05, 4.69) is 30.5 Å². The van der Waals surface area contributed by atoms with Crippen molar-refractivity contribution in [2.45, 2.75) is 45.7 Å². The van der Waals surface area contributed by atoms with E-state index in [1.807, 2.05) is 30.3 Å². The Kier molecular flexibility index (Phi) is 13.2. The van der Waals surface area contributed by atoms with Crippen LogP contribution in [-0.2, 0) is 22.3 Å². The standard InChI is InChI=1S/C41H43ClF3N3O3/c1-27-3-8-30(9-4-27)38-33(12-7-29-5-10-32(11-6-29)40(49)47-18-20-51-22-21-50-19-17-46)26-37(48-39(38)31-13-15-36(42)16-14-31)34-23-28(2)24-35(25-34)41(43,44)45/h3-6,8,10-11,13-16,23-24,26H,7,9,12,17-22,25,46H2,1-2H3,(H,47,49). The Morgan fingerprint density at radius 1 is 0.902 bits per heavy atom. The second kappa shape index (κ2) is 17.8. The number of aryl methyl sites for hydroxylation is 2. The lowest BCUT2D eigenvalue weighted by Crippen LogP contribution is -2.28. The number of halogens is 4. The molecule has 0 aliphatic heterocycles.